The minimum absolute atomic E-state index is 0. The molecule has 13 aromatic rings. The second-order valence-electron chi connectivity index (χ2n) is 32.7. The lowest BCUT2D eigenvalue weighted by Gasteiger charge is -2.40. The van der Waals surface area contributed by atoms with Crippen LogP contribution in [0.25, 0.3) is 18.2 Å². The van der Waals surface area contributed by atoms with Crippen molar-refractivity contribution in [1.82, 2.24) is 19.6 Å². The summed E-state index contributed by atoms with van der Waals surface area (Å²) in [4.78, 5) is 72.1. The van der Waals surface area contributed by atoms with Crippen molar-refractivity contribution in [3.63, 3.8) is 0 Å². The molecule has 3 amide bonds. The molecule has 4 unspecified atom stereocenters. The predicted molar refractivity (Wildman–Crippen MR) is 526 cm³/mol. The number of hydrogen-bond acceptors (Lipinski definition) is 6. The van der Waals surface area contributed by atoms with Gasteiger partial charge in [-0.05, 0) is 168 Å². The number of carbonyl (C=O) groups is 5. The monoisotopic (exact) mass is 1670 g/mol. The number of amides is 3. The van der Waals surface area contributed by atoms with Crippen LogP contribution >= 0.6 is 0 Å². The van der Waals surface area contributed by atoms with Crippen LogP contribution in [0.15, 0.2) is 438 Å². The third-order valence-corrected chi connectivity index (χ3v) is 23.6. The molecule has 127 heavy (non-hydrogen) atoms. The first kappa shape index (κ1) is 94.0. The molecule has 6 atom stereocenters. The van der Waals surface area contributed by atoms with E-state index in [0.29, 0.717) is 51.0 Å². The van der Waals surface area contributed by atoms with E-state index < -0.39 is 0 Å². The summed E-state index contributed by atoms with van der Waals surface area (Å²) in [5.41, 5.74) is 17.1. The third-order valence-electron chi connectivity index (χ3n) is 23.6. The largest absolute Gasteiger partial charge is 0.338 e. The maximum atomic E-state index is 13.2. The second-order valence-corrected chi connectivity index (χ2v) is 32.7. The molecule has 2 saturated heterocycles. The summed E-state index contributed by atoms with van der Waals surface area (Å²) in [5.74, 6) is 0.973. The van der Waals surface area contributed by atoms with Crippen molar-refractivity contribution in [2.75, 3.05) is 19.6 Å². The fourth-order valence-corrected chi connectivity index (χ4v) is 16.9. The van der Waals surface area contributed by atoms with Gasteiger partial charge >= 0.3 is 0 Å². The van der Waals surface area contributed by atoms with Crippen molar-refractivity contribution in [2.45, 2.75) is 128 Å². The van der Waals surface area contributed by atoms with Gasteiger partial charge in [0.2, 0.25) is 17.7 Å². The number of rotatable bonds is 24. The molecule has 9 heteroatoms. The fraction of sp³-hybridized carbons (Fsp3) is 0.212. The van der Waals surface area contributed by atoms with Gasteiger partial charge in [0.1, 0.15) is 0 Å². The zero-order valence-corrected chi connectivity index (χ0v) is 72.5. The lowest BCUT2D eigenvalue weighted by molar-refractivity contribution is -0.134. The number of piperidine rings is 2. The number of allylic oxidation sites excluding steroid dienone is 2. The minimum Gasteiger partial charge on any atom is -0.338 e. The summed E-state index contributed by atoms with van der Waals surface area (Å²) in [5, 5.41) is 0. The van der Waals surface area contributed by atoms with Crippen molar-refractivity contribution >= 4 is 47.5 Å². The van der Waals surface area contributed by atoms with Crippen LogP contribution < -0.4 is 0 Å². The van der Waals surface area contributed by atoms with Gasteiger partial charge in [0.25, 0.3) is 0 Å². The van der Waals surface area contributed by atoms with Crippen LogP contribution in [0.2, 0.25) is 0 Å². The molecule has 9 nitrogen and oxygen atoms in total. The minimum atomic E-state index is -0.266. The Balaban J connectivity index is 0.000000155. The molecule has 4 aliphatic heterocycles. The Morgan fingerprint density at radius 2 is 0.669 bits per heavy atom. The average Bonchev–Trinajstić information content (AvgIpc) is 0.788. The zero-order chi connectivity index (χ0) is 87.4. The Bertz CT molecular complexity index is 5430. The Hall–Kier alpha value is -13.7. The maximum Gasteiger partial charge on any atom is 0.231 e. The van der Waals surface area contributed by atoms with Crippen molar-refractivity contribution in [2.24, 2.45) is 11.8 Å². The molecule has 0 aromatic heterocycles. The number of carbonyl (C=O) groups excluding carboxylic acids is 5. The first-order valence-corrected chi connectivity index (χ1v) is 44.5. The number of nitrogens with zero attached hydrogens (tertiary/aromatic N) is 4. The highest BCUT2D eigenvalue weighted by Crippen LogP contribution is 2.32. The van der Waals surface area contributed by atoms with E-state index in [1.807, 2.05) is 255 Å². The topological polar surface area (TPSA) is 98.3 Å². The Morgan fingerprint density at radius 3 is 1.09 bits per heavy atom. The van der Waals surface area contributed by atoms with Gasteiger partial charge in [0.15, 0.2) is 11.6 Å². The standard InChI is InChI=1S/C27H25NO2.C27H27NO.C27H31N.C20H19NO2.2C8H8.CH4/c29-26-16-17-28(27(30)20-23-14-8-3-9-15-23)25(19-22-12-6-2-7-13-22)24(26)18-21-10-4-1-5-11-21;29-27(21-24-14-8-3-9-15-24)28-17-16-25(18-22-10-4-1-5-11-22)20-26(28)19-23-12-6-2-7-13-23;1-4-10-23(11-5-1)16-18-28-19-17-26(20-24-12-6-2-7-13-24)22-27(28)21-25-14-8-3-9-15-25;22-19-11-12-21(20(23)14-17-9-5-2-6-10-17)18(15-19)13-16-7-3-1-4-8-16;2*1-2-8-6-4-3-5-7-8;/h1-17,24-25H,18-20H2;1-15,18,26H,16-17,19-21H2;1-15,26-27H,16-22H2;1-12,18H,13-15H2;2*2-7H,1H2;1H4/b;25-18+;;;;;/t;;26-,27-;;;;/m..0..../s1. The molecule has 13 aromatic carbocycles. The molecule has 0 bridgehead atoms. The summed E-state index contributed by atoms with van der Waals surface area (Å²) in [7, 11) is 0. The van der Waals surface area contributed by atoms with Crippen LogP contribution in [0.4, 0.5) is 0 Å². The smallest absolute Gasteiger partial charge is 0.231 e. The average molecular weight is 1680 g/mol. The van der Waals surface area contributed by atoms with Crippen molar-refractivity contribution in [3.8, 4) is 0 Å². The van der Waals surface area contributed by atoms with E-state index >= 15 is 0 Å². The van der Waals surface area contributed by atoms with Gasteiger partial charge in [-0.1, -0.05) is 439 Å². The summed E-state index contributed by atoms with van der Waals surface area (Å²) in [6.07, 6.45) is 24.8. The fourth-order valence-electron chi connectivity index (χ4n) is 16.9. The molecule has 644 valence electrons. The summed E-state index contributed by atoms with van der Waals surface area (Å²) < 4.78 is 0. The molecule has 0 saturated carbocycles. The molecule has 0 aliphatic carbocycles. The van der Waals surface area contributed by atoms with Crippen molar-refractivity contribution < 1.29 is 24.0 Å². The molecular weight excluding hydrogens is 1550 g/mol. The van der Waals surface area contributed by atoms with E-state index in [1.54, 1.807) is 28.3 Å². The van der Waals surface area contributed by atoms with E-state index in [4.69, 9.17) is 0 Å². The van der Waals surface area contributed by atoms with Crippen LogP contribution in [-0.4, -0.2) is 92.7 Å². The van der Waals surface area contributed by atoms with Gasteiger partial charge in [-0.25, -0.2) is 0 Å². The molecule has 0 radical (unpaired) electrons. The van der Waals surface area contributed by atoms with E-state index in [-0.39, 0.29) is 60.8 Å². The molecular formula is C118H122N4O5. The predicted octanol–water partition coefficient (Wildman–Crippen LogP) is 24.4. The SMILES string of the molecule is C.C=Cc1ccccc1.C=Cc1ccccc1.O=C(Cc1ccccc1)N1CC/C(=C\c2ccccc2)CC1Cc1ccccc1.O=C1C=CN(C(=O)Cc2ccccc2)C(Cc2ccccc2)C1.O=C1C=CN(C(=O)Cc2ccccc2)C(Cc2ccccc2)C1Cc1ccccc1.c1ccc(CCN2CC[C@@H](Cc3ccccc3)C[C@@H]2Cc2ccccc2)cc1. The number of hydrogen-bond donors (Lipinski definition) is 0. The van der Waals surface area contributed by atoms with Gasteiger partial charge in [0, 0.05) is 56.0 Å². The van der Waals surface area contributed by atoms with E-state index in [1.165, 1.54) is 89.4 Å². The van der Waals surface area contributed by atoms with Crippen LogP contribution in [0.5, 0.6) is 0 Å². The highest BCUT2D eigenvalue weighted by molar-refractivity contribution is 5.96. The maximum absolute atomic E-state index is 13.2. The zero-order valence-electron chi connectivity index (χ0n) is 72.5. The lowest BCUT2D eigenvalue weighted by Crippen LogP contribution is -2.49. The quantitative estimate of drug-likeness (QED) is 0.0598. The lowest BCUT2D eigenvalue weighted by atomic mass is 9.82. The Labute approximate surface area is 755 Å². The summed E-state index contributed by atoms with van der Waals surface area (Å²) >= 11 is 0. The molecule has 4 heterocycles. The van der Waals surface area contributed by atoms with E-state index in [9.17, 15) is 24.0 Å². The first-order chi connectivity index (χ1) is 61.9. The van der Waals surface area contributed by atoms with Crippen LogP contribution in [0.3, 0.4) is 0 Å². The number of ketones is 2. The van der Waals surface area contributed by atoms with Gasteiger partial charge in [-0.2, -0.15) is 0 Å². The van der Waals surface area contributed by atoms with Crippen LogP contribution in [0, 0.1) is 11.8 Å². The second kappa shape index (κ2) is 52.1. The summed E-state index contributed by atoms with van der Waals surface area (Å²) in [6.45, 7) is 10.4. The first-order valence-electron chi connectivity index (χ1n) is 44.5. The van der Waals surface area contributed by atoms with Gasteiger partial charge in [-0.3, -0.25) is 28.9 Å². The summed E-state index contributed by atoms with van der Waals surface area (Å²) in [6, 6.07) is 134. The van der Waals surface area contributed by atoms with Crippen LogP contribution in [0.1, 0.15) is 112 Å². The Kier molecular flexibility index (Phi) is 38.6. The van der Waals surface area contributed by atoms with Gasteiger partial charge in [-0.15, -0.1) is 0 Å². The Morgan fingerprint density at radius 1 is 0.331 bits per heavy atom. The van der Waals surface area contributed by atoms with Gasteiger partial charge in [0.05, 0.1) is 25.3 Å². The third kappa shape index (κ3) is 31.8. The van der Waals surface area contributed by atoms with E-state index in [2.05, 4.69) is 181 Å². The highest BCUT2D eigenvalue weighted by Gasteiger charge is 2.37. The highest BCUT2D eigenvalue weighted by atomic mass is 16.2. The molecule has 0 N–H and O–H groups in total. The number of likely N-dealkylation sites (tertiary alicyclic amines) is 2. The van der Waals surface area contributed by atoms with Gasteiger partial charge < -0.3 is 14.7 Å². The molecule has 4 aliphatic rings. The van der Waals surface area contributed by atoms with E-state index in [0.717, 1.165) is 71.5 Å². The molecule has 2 fully saturated rings. The molecule has 17 rings (SSSR count). The van der Waals surface area contributed by atoms with Crippen LogP contribution in [-0.2, 0) is 88.2 Å². The van der Waals surface area contributed by atoms with Crippen molar-refractivity contribution in [1.29, 1.82) is 0 Å². The number of benzene rings is 13. The molecule has 0 spiro atoms. The van der Waals surface area contributed by atoms with Crippen molar-refractivity contribution in [3.05, 3.63) is 510 Å². The normalized spacial score (nSPS) is 17.1.